The summed E-state index contributed by atoms with van der Waals surface area (Å²) in [4.78, 5) is 28.1. The lowest BCUT2D eigenvalue weighted by Gasteiger charge is -2.31. The predicted molar refractivity (Wildman–Crippen MR) is 83.6 cm³/mol. The minimum Gasteiger partial charge on any atom is -0.383 e. The summed E-state index contributed by atoms with van der Waals surface area (Å²) >= 11 is 0. The summed E-state index contributed by atoms with van der Waals surface area (Å²) in [5.41, 5.74) is 2.14. The lowest BCUT2D eigenvalue weighted by atomic mass is 10.0. The molecule has 1 N–H and O–H groups in total. The fourth-order valence-corrected chi connectivity index (χ4v) is 3.28. The molecule has 5 nitrogen and oxygen atoms in total. The molecule has 1 atom stereocenters. The summed E-state index contributed by atoms with van der Waals surface area (Å²) < 4.78 is 0. The maximum absolute atomic E-state index is 12.6. The molecule has 2 amide bonds. The Balaban J connectivity index is 1.73. The normalized spacial score (nSPS) is 22.2. The molecule has 1 fully saturated rings. The monoisotopic (exact) mass is 302 g/mol. The lowest BCUT2D eigenvalue weighted by Crippen LogP contribution is -2.47. The minimum absolute atomic E-state index is 0.0597. The van der Waals surface area contributed by atoms with Crippen LogP contribution in [-0.2, 0) is 16.0 Å². The maximum Gasteiger partial charge on any atom is 0.251 e. The van der Waals surface area contributed by atoms with Crippen LogP contribution in [0.5, 0.6) is 0 Å². The van der Waals surface area contributed by atoms with Crippen molar-refractivity contribution in [2.75, 3.05) is 24.5 Å². The highest BCUT2D eigenvalue weighted by Gasteiger charge is 2.29. The van der Waals surface area contributed by atoms with Gasteiger partial charge in [0, 0.05) is 18.8 Å². The highest BCUT2D eigenvalue weighted by molar-refractivity contribution is 5.98. The molecule has 2 aliphatic rings. The van der Waals surface area contributed by atoms with E-state index in [1.165, 1.54) is 10.5 Å². The Morgan fingerprint density at radius 3 is 2.86 bits per heavy atom. The number of hydrogen-bond acceptors (Lipinski definition) is 3. The number of amides is 2. The predicted octanol–water partition coefficient (Wildman–Crippen LogP) is 1.34. The topological polar surface area (TPSA) is 60.9 Å². The van der Waals surface area contributed by atoms with Crippen LogP contribution in [-0.4, -0.2) is 47.6 Å². The van der Waals surface area contributed by atoms with Crippen LogP contribution in [0.25, 0.3) is 0 Å². The van der Waals surface area contributed by atoms with E-state index >= 15 is 0 Å². The third kappa shape index (κ3) is 2.99. The summed E-state index contributed by atoms with van der Waals surface area (Å²) in [6.45, 7) is 1.31. The number of nitrogens with zero attached hydrogens (tertiary/aromatic N) is 2. The van der Waals surface area contributed by atoms with E-state index in [0.29, 0.717) is 19.5 Å². The first kappa shape index (κ1) is 15.0. The van der Waals surface area contributed by atoms with E-state index in [4.69, 9.17) is 0 Å². The number of anilines is 1. The van der Waals surface area contributed by atoms with E-state index in [9.17, 15) is 14.7 Å². The Labute approximate surface area is 130 Å². The summed E-state index contributed by atoms with van der Waals surface area (Å²) in [5, 5.41) is 9.79. The molecule has 1 aromatic rings. The van der Waals surface area contributed by atoms with E-state index in [1.54, 1.807) is 4.90 Å². The quantitative estimate of drug-likeness (QED) is 0.897. The van der Waals surface area contributed by atoms with Crippen molar-refractivity contribution in [3.8, 4) is 0 Å². The van der Waals surface area contributed by atoms with Crippen LogP contribution in [0.3, 0.4) is 0 Å². The smallest absolute Gasteiger partial charge is 0.251 e. The zero-order chi connectivity index (χ0) is 15.5. The van der Waals surface area contributed by atoms with Crippen molar-refractivity contribution < 1.29 is 14.7 Å². The summed E-state index contributed by atoms with van der Waals surface area (Å²) in [5.74, 6) is -0.370. The molecule has 0 aromatic heterocycles. The molecule has 3 rings (SSSR count). The molecule has 0 bridgehead atoms. The van der Waals surface area contributed by atoms with Crippen LogP contribution in [0.2, 0.25) is 0 Å². The number of likely N-dealkylation sites (tertiary alicyclic amines) is 1. The summed E-state index contributed by atoms with van der Waals surface area (Å²) in [7, 11) is 0. The molecule has 0 aliphatic carbocycles. The molecule has 118 valence electrons. The number of rotatable bonds is 2. The molecule has 1 aromatic carbocycles. The van der Waals surface area contributed by atoms with E-state index in [2.05, 4.69) is 6.07 Å². The van der Waals surface area contributed by atoms with Crippen LogP contribution < -0.4 is 4.90 Å². The van der Waals surface area contributed by atoms with Gasteiger partial charge in [-0.25, -0.2) is 0 Å². The average Bonchev–Trinajstić information content (AvgIpc) is 2.70. The Morgan fingerprint density at radius 1 is 1.18 bits per heavy atom. The molecule has 1 saturated heterocycles. The van der Waals surface area contributed by atoms with Gasteiger partial charge in [-0.05, 0) is 43.7 Å². The molecule has 5 heteroatoms. The SMILES string of the molecule is O=C1C(O)CCCCN1CC(=O)N1CCCc2ccccc21. The van der Waals surface area contributed by atoms with Crippen molar-refractivity contribution in [1.29, 1.82) is 0 Å². The summed E-state index contributed by atoms with van der Waals surface area (Å²) in [6.07, 6.45) is 3.14. The van der Waals surface area contributed by atoms with Gasteiger partial charge in [0.25, 0.3) is 5.91 Å². The number of hydrogen-bond donors (Lipinski definition) is 1. The van der Waals surface area contributed by atoms with Crippen molar-refractivity contribution in [3.05, 3.63) is 29.8 Å². The van der Waals surface area contributed by atoms with Crippen molar-refractivity contribution in [2.45, 2.75) is 38.2 Å². The summed E-state index contributed by atoms with van der Waals surface area (Å²) in [6, 6.07) is 7.94. The van der Waals surface area contributed by atoms with Gasteiger partial charge in [0.05, 0.1) is 0 Å². The van der Waals surface area contributed by atoms with Crippen LogP contribution in [0.4, 0.5) is 5.69 Å². The molecule has 0 radical (unpaired) electrons. The van der Waals surface area contributed by atoms with E-state index in [-0.39, 0.29) is 18.4 Å². The maximum atomic E-state index is 12.6. The number of aryl methyl sites for hydroxylation is 1. The minimum atomic E-state index is -0.955. The molecule has 0 spiro atoms. The van der Waals surface area contributed by atoms with Gasteiger partial charge in [0.1, 0.15) is 12.6 Å². The van der Waals surface area contributed by atoms with Crippen LogP contribution >= 0.6 is 0 Å². The second-order valence-electron chi connectivity index (χ2n) is 6.05. The van der Waals surface area contributed by atoms with Crippen LogP contribution in [0.1, 0.15) is 31.2 Å². The van der Waals surface area contributed by atoms with Crippen molar-refractivity contribution >= 4 is 17.5 Å². The molecule has 1 unspecified atom stereocenters. The van der Waals surface area contributed by atoms with Crippen molar-refractivity contribution in [2.24, 2.45) is 0 Å². The van der Waals surface area contributed by atoms with Crippen LogP contribution in [0.15, 0.2) is 24.3 Å². The van der Waals surface area contributed by atoms with Gasteiger partial charge in [-0.1, -0.05) is 18.2 Å². The largest absolute Gasteiger partial charge is 0.383 e. The Hall–Kier alpha value is -1.88. The van der Waals surface area contributed by atoms with E-state index < -0.39 is 6.10 Å². The number of carbonyl (C=O) groups excluding carboxylic acids is 2. The van der Waals surface area contributed by atoms with Gasteiger partial charge in [0.15, 0.2) is 0 Å². The van der Waals surface area contributed by atoms with Crippen LogP contribution in [0, 0.1) is 0 Å². The van der Waals surface area contributed by atoms with Gasteiger partial charge in [-0.15, -0.1) is 0 Å². The van der Waals surface area contributed by atoms with Gasteiger partial charge in [-0.3, -0.25) is 9.59 Å². The molecule has 2 aliphatic heterocycles. The van der Waals surface area contributed by atoms with E-state index in [0.717, 1.165) is 31.4 Å². The molecular weight excluding hydrogens is 280 g/mol. The number of aliphatic hydroxyl groups is 1. The van der Waals surface area contributed by atoms with Gasteiger partial charge < -0.3 is 14.9 Å². The van der Waals surface area contributed by atoms with Gasteiger partial charge >= 0.3 is 0 Å². The number of fused-ring (bicyclic) bond motifs is 1. The first-order valence-electron chi connectivity index (χ1n) is 8.02. The Kier molecular flexibility index (Phi) is 4.43. The highest BCUT2D eigenvalue weighted by Crippen LogP contribution is 2.27. The first-order chi connectivity index (χ1) is 10.7. The lowest BCUT2D eigenvalue weighted by molar-refractivity contribution is -0.142. The molecular formula is C17H22N2O3. The second kappa shape index (κ2) is 6.48. The zero-order valence-corrected chi connectivity index (χ0v) is 12.7. The average molecular weight is 302 g/mol. The number of carbonyl (C=O) groups is 2. The first-order valence-corrected chi connectivity index (χ1v) is 8.02. The van der Waals surface area contributed by atoms with Crippen molar-refractivity contribution in [3.63, 3.8) is 0 Å². The number of benzene rings is 1. The second-order valence-corrected chi connectivity index (χ2v) is 6.05. The zero-order valence-electron chi connectivity index (χ0n) is 12.7. The van der Waals surface area contributed by atoms with Crippen molar-refractivity contribution in [1.82, 2.24) is 4.90 Å². The number of para-hydroxylation sites is 1. The molecule has 0 saturated carbocycles. The fourth-order valence-electron chi connectivity index (χ4n) is 3.28. The standard InChI is InChI=1S/C17H22N2O3/c20-15-9-3-4-10-18(17(15)22)12-16(21)19-11-5-7-13-6-1-2-8-14(13)19/h1-2,6,8,15,20H,3-5,7,9-12H2. The van der Waals surface area contributed by atoms with Gasteiger partial charge in [-0.2, -0.15) is 0 Å². The number of aliphatic hydroxyl groups excluding tert-OH is 1. The molecule has 2 heterocycles. The third-order valence-electron chi connectivity index (χ3n) is 4.49. The Morgan fingerprint density at radius 2 is 2.00 bits per heavy atom. The molecule has 22 heavy (non-hydrogen) atoms. The third-order valence-corrected chi connectivity index (χ3v) is 4.49. The Bertz CT molecular complexity index is 573. The van der Waals surface area contributed by atoms with E-state index in [1.807, 2.05) is 18.2 Å². The highest BCUT2D eigenvalue weighted by atomic mass is 16.3. The fraction of sp³-hybridized carbons (Fsp3) is 0.529. The van der Waals surface area contributed by atoms with Gasteiger partial charge in [0.2, 0.25) is 5.91 Å².